The molecule has 0 saturated carbocycles. The van der Waals surface area contributed by atoms with Crippen LogP contribution in [0.2, 0.25) is 0 Å². The second-order valence-electron chi connectivity index (χ2n) is 5.12. The SMILES string of the molecule is CC(C=CNc1ccccc1)CC=CC=Nc1ccccc1.Cl. The molecule has 3 heteroatoms. The highest BCUT2D eigenvalue weighted by Gasteiger charge is 1.92. The van der Waals surface area contributed by atoms with Crippen LogP contribution in [0, 0.1) is 5.92 Å². The molecule has 2 rings (SSSR count). The number of nitrogens with one attached hydrogen (secondary N) is 1. The first-order valence-corrected chi connectivity index (χ1v) is 7.57. The largest absolute Gasteiger partial charge is 0.362 e. The molecule has 1 unspecified atom stereocenters. The summed E-state index contributed by atoms with van der Waals surface area (Å²) in [6.45, 7) is 2.20. The van der Waals surface area contributed by atoms with Crippen LogP contribution in [0.1, 0.15) is 13.3 Å². The molecule has 0 aliphatic heterocycles. The first-order chi connectivity index (χ1) is 10.8. The van der Waals surface area contributed by atoms with Crippen LogP contribution in [0.5, 0.6) is 0 Å². The van der Waals surface area contributed by atoms with E-state index in [2.05, 4.69) is 41.5 Å². The Morgan fingerprint density at radius 2 is 1.65 bits per heavy atom. The Bertz CT molecular complexity index is 619. The van der Waals surface area contributed by atoms with Gasteiger partial charge < -0.3 is 5.32 Å². The molecular formula is C20H23ClN2. The highest BCUT2D eigenvalue weighted by atomic mass is 35.5. The fourth-order valence-electron chi connectivity index (χ4n) is 1.92. The minimum absolute atomic E-state index is 0. The molecule has 0 heterocycles. The molecule has 0 aliphatic carbocycles. The molecule has 0 radical (unpaired) electrons. The molecule has 0 fully saturated rings. The number of hydrogen-bond donors (Lipinski definition) is 1. The first kappa shape index (κ1) is 18.7. The number of benzene rings is 2. The number of nitrogens with zero attached hydrogens (tertiary/aromatic N) is 1. The minimum atomic E-state index is 0. The summed E-state index contributed by atoms with van der Waals surface area (Å²) in [4.78, 5) is 4.36. The van der Waals surface area contributed by atoms with Gasteiger partial charge in [-0.2, -0.15) is 0 Å². The van der Waals surface area contributed by atoms with E-state index >= 15 is 0 Å². The number of aliphatic imine (C=N–C) groups is 1. The van der Waals surface area contributed by atoms with Gasteiger partial charge in [-0.1, -0.05) is 55.5 Å². The van der Waals surface area contributed by atoms with Crippen molar-refractivity contribution < 1.29 is 0 Å². The maximum Gasteiger partial charge on any atom is 0.0629 e. The van der Waals surface area contributed by atoms with Crippen molar-refractivity contribution in [1.29, 1.82) is 0 Å². The number of rotatable bonds is 7. The molecule has 0 saturated heterocycles. The average Bonchev–Trinajstić information content (AvgIpc) is 2.56. The highest BCUT2D eigenvalue weighted by molar-refractivity contribution is 5.85. The number of hydrogen-bond acceptors (Lipinski definition) is 2. The number of halogens is 1. The Hall–Kier alpha value is -2.32. The summed E-state index contributed by atoms with van der Waals surface area (Å²) in [6.07, 6.45) is 11.2. The standard InChI is InChI=1S/C20H22N2.ClH/c1-18(15-17-22-20-13-6-3-7-14-20)10-8-9-16-21-19-11-4-2-5-12-19;/h2-9,11-18,22H,10H2,1H3;1H. The number of allylic oxidation sites excluding steroid dienone is 3. The molecule has 0 spiro atoms. The van der Waals surface area contributed by atoms with E-state index in [9.17, 15) is 0 Å². The van der Waals surface area contributed by atoms with Crippen LogP contribution in [0.3, 0.4) is 0 Å². The summed E-state index contributed by atoms with van der Waals surface area (Å²) >= 11 is 0. The van der Waals surface area contributed by atoms with E-state index in [-0.39, 0.29) is 12.4 Å². The lowest BCUT2D eigenvalue weighted by Gasteiger charge is -2.03. The van der Waals surface area contributed by atoms with Gasteiger partial charge in [-0.25, -0.2) is 0 Å². The number of anilines is 1. The molecule has 2 aromatic carbocycles. The Balaban J connectivity index is 0.00000264. The second kappa shape index (κ2) is 11.3. The fraction of sp³-hybridized carbons (Fsp3) is 0.150. The van der Waals surface area contributed by atoms with E-state index in [0.717, 1.165) is 17.8 Å². The van der Waals surface area contributed by atoms with E-state index < -0.39 is 0 Å². The summed E-state index contributed by atoms with van der Waals surface area (Å²) in [7, 11) is 0. The normalized spacial score (nSPS) is 12.6. The van der Waals surface area contributed by atoms with Gasteiger partial charge in [0.05, 0.1) is 5.69 Å². The van der Waals surface area contributed by atoms with Crippen molar-refractivity contribution in [3.63, 3.8) is 0 Å². The maximum atomic E-state index is 4.36. The third-order valence-corrected chi connectivity index (χ3v) is 3.16. The zero-order valence-electron chi connectivity index (χ0n) is 13.3. The Morgan fingerprint density at radius 3 is 2.35 bits per heavy atom. The summed E-state index contributed by atoms with van der Waals surface area (Å²) < 4.78 is 0. The van der Waals surface area contributed by atoms with Crippen LogP contribution < -0.4 is 5.32 Å². The van der Waals surface area contributed by atoms with Crippen molar-refractivity contribution in [3.05, 3.63) is 85.1 Å². The smallest absolute Gasteiger partial charge is 0.0629 e. The summed E-state index contributed by atoms with van der Waals surface area (Å²) in [5.74, 6) is 0.484. The quantitative estimate of drug-likeness (QED) is 0.618. The second-order valence-corrected chi connectivity index (χ2v) is 5.12. The zero-order valence-corrected chi connectivity index (χ0v) is 14.1. The Morgan fingerprint density at radius 1 is 1.00 bits per heavy atom. The van der Waals surface area contributed by atoms with E-state index in [1.807, 2.05) is 67.0 Å². The molecule has 120 valence electrons. The van der Waals surface area contributed by atoms with Crippen molar-refractivity contribution in [2.45, 2.75) is 13.3 Å². The van der Waals surface area contributed by atoms with E-state index in [0.29, 0.717) is 5.92 Å². The zero-order chi connectivity index (χ0) is 15.5. The van der Waals surface area contributed by atoms with E-state index in [1.165, 1.54) is 0 Å². The molecule has 2 aromatic rings. The van der Waals surface area contributed by atoms with Crippen LogP contribution >= 0.6 is 12.4 Å². The molecule has 0 aromatic heterocycles. The summed E-state index contributed by atoms with van der Waals surface area (Å²) in [5, 5.41) is 3.27. The van der Waals surface area contributed by atoms with Crippen molar-refractivity contribution in [1.82, 2.24) is 0 Å². The predicted octanol–water partition coefficient (Wildman–Crippen LogP) is 6.02. The fourth-order valence-corrected chi connectivity index (χ4v) is 1.92. The summed E-state index contributed by atoms with van der Waals surface area (Å²) in [5.41, 5.74) is 2.09. The Labute approximate surface area is 145 Å². The van der Waals surface area contributed by atoms with Gasteiger partial charge in [0, 0.05) is 11.9 Å². The van der Waals surface area contributed by atoms with Gasteiger partial charge >= 0.3 is 0 Å². The maximum absolute atomic E-state index is 4.36. The molecule has 2 nitrogen and oxygen atoms in total. The van der Waals surface area contributed by atoms with Crippen LogP contribution in [-0.4, -0.2) is 6.21 Å². The minimum Gasteiger partial charge on any atom is -0.362 e. The monoisotopic (exact) mass is 326 g/mol. The van der Waals surface area contributed by atoms with Gasteiger partial charge in [-0.3, -0.25) is 4.99 Å². The van der Waals surface area contributed by atoms with Crippen LogP contribution in [-0.2, 0) is 0 Å². The molecule has 1 N–H and O–H groups in total. The van der Waals surface area contributed by atoms with Crippen molar-refractivity contribution in [3.8, 4) is 0 Å². The third kappa shape index (κ3) is 8.03. The van der Waals surface area contributed by atoms with Gasteiger partial charge in [0.15, 0.2) is 0 Å². The van der Waals surface area contributed by atoms with Gasteiger partial charge in [0.2, 0.25) is 0 Å². The van der Waals surface area contributed by atoms with Crippen LogP contribution in [0.15, 0.2) is 90.1 Å². The lowest BCUT2D eigenvalue weighted by atomic mass is 10.1. The molecule has 1 atom stereocenters. The third-order valence-electron chi connectivity index (χ3n) is 3.16. The lowest BCUT2D eigenvalue weighted by molar-refractivity contribution is 0.744. The van der Waals surface area contributed by atoms with Crippen LogP contribution in [0.25, 0.3) is 0 Å². The summed E-state index contributed by atoms with van der Waals surface area (Å²) in [6, 6.07) is 20.1. The average molecular weight is 327 g/mol. The number of para-hydroxylation sites is 2. The first-order valence-electron chi connectivity index (χ1n) is 7.57. The Kier molecular flexibility index (Phi) is 9.18. The molecule has 0 bridgehead atoms. The van der Waals surface area contributed by atoms with Crippen molar-refractivity contribution in [2.24, 2.45) is 10.9 Å². The van der Waals surface area contributed by atoms with Gasteiger partial charge in [-0.15, -0.1) is 12.4 Å². The molecule has 0 aliphatic rings. The van der Waals surface area contributed by atoms with Crippen LogP contribution in [0.4, 0.5) is 11.4 Å². The highest BCUT2D eigenvalue weighted by Crippen LogP contribution is 2.09. The lowest BCUT2D eigenvalue weighted by Crippen LogP contribution is -1.91. The van der Waals surface area contributed by atoms with Gasteiger partial charge in [-0.05, 0) is 48.9 Å². The van der Waals surface area contributed by atoms with E-state index in [1.54, 1.807) is 0 Å². The van der Waals surface area contributed by atoms with Gasteiger partial charge in [0.25, 0.3) is 0 Å². The molecule has 23 heavy (non-hydrogen) atoms. The molecule has 0 amide bonds. The molecular weight excluding hydrogens is 304 g/mol. The van der Waals surface area contributed by atoms with Gasteiger partial charge in [0.1, 0.15) is 0 Å². The topological polar surface area (TPSA) is 24.4 Å². The van der Waals surface area contributed by atoms with Crippen molar-refractivity contribution in [2.75, 3.05) is 5.32 Å². The predicted molar refractivity (Wildman–Crippen MR) is 104 cm³/mol. The van der Waals surface area contributed by atoms with Crippen molar-refractivity contribution >= 4 is 30.0 Å². The van der Waals surface area contributed by atoms with E-state index in [4.69, 9.17) is 0 Å².